The van der Waals surface area contributed by atoms with Gasteiger partial charge in [-0.1, -0.05) is 12.1 Å². The Balaban J connectivity index is 1.63. The standard InChI is InChI=1S/C20H17N3O4/c1-25-14-4-2-3-13(8-14)23-10-21-20-19(23)15(9-18(24)22-20)12-5-6-16-17(7-12)27-11-26-16/h2-8,10,15H,9,11H2,1H3,(H,22,24). The van der Waals surface area contributed by atoms with Crippen LogP contribution in [0.15, 0.2) is 48.8 Å². The van der Waals surface area contributed by atoms with Crippen molar-refractivity contribution in [1.29, 1.82) is 0 Å². The number of aromatic nitrogens is 2. The number of anilines is 1. The van der Waals surface area contributed by atoms with Crippen LogP contribution >= 0.6 is 0 Å². The van der Waals surface area contributed by atoms with Gasteiger partial charge >= 0.3 is 0 Å². The molecule has 3 aromatic rings. The van der Waals surface area contributed by atoms with Gasteiger partial charge in [-0.2, -0.15) is 0 Å². The van der Waals surface area contributed by atoms with Crippen LogP contribution in [0.25, 0.3) is 5.69 Å². The Kier molecular flexibility index (Phi) is 3.53. The number of benzene rings is 2. The number of nitrogens with one attached hydrogen (secondary N) is 1. The normalized spacial score (nSPS) is 17.4. The maximum Gasteiger partial charge on any atom is 0.231 e. The minimum absolute atomic E-state index is 0.0546. The number of hydrogen-bond acceptors (Lipinski definition) is 5. The zero-order valence-corrected chi connectivity index (χ0v) is 14.6. The van der Waals surface area contributed by atoms with Crippen LogP contribution in [-0.4, -0.2) is 29.4 Å². The summed E-state index contributed by atoms with van der Waals surface area (Å²) in [5.41, 5.74) is 2.84. The van der Waals surface area contributed by atoms with Crippen molar-refractivity contribution in [3.8, 4) is 22.9 Å². The topological polar surface area (TPSA) is 74.6 Å². The fourth-order valence-corrected chi connectivity index (χ4v) is 3.62. The van der Waals surface area contributed by atoms with Crippen molar-refractivity contribution >= 4 is 11.7 Å². The predicted octanol–water partition coefficient (Wildman–Crippen LogP) is 3.08. The van der Waals surface area contributed by atoms with E-state index in [1.807, 2.05) is 47.0 Å². The van der Waals surface area contributed by atoms with Crippen LogP contribution in [-0.2, 0) is 4.79 Å². The van der Waals surface area contributed by atoms with Crippen LogP contribution < -0.4 is 19.5 Å². The summed E-state index contributed by atoms with van der Waals surface area (Å²) in [4.78, 5) is 16.7. The fraction of sp³-hybridized carbons (Fsp3) is 0.200. The zero-order valence-electron chi connectivity index (χ0n) is 14.6. The highest BCUT2D eigenvalue weighted by Crippen LogP contribution is 2.41. The van der Waals surface area contributed by atoms with Gasteiger partial charge in [-0.3, -0.25) is 4.79 Å². The van der Waals surface area contributed by atoms with Crippen molar-refractivity contribution in [1.82, 2.24) is 9.55 Å². The Morgan fingerprint density at radius 2 is 2.07 bits per heavy atom. The van der Waals surface area contributed by atoms with Crippen LogP contribution in [0.2, 0.25) is 0 Å². The van der Waals surface area contributed by atoms with Crippen molar-refractivity contribution in [3.63, 3.8) is 0 Å². The molecule has 0 saturated heterocycles. The summed E-state index contributed by atoms with van der Waals surface area (Å²) < 4.78 is 18.2. The number of carbonyl (C=O) groups excluding carboxylic acids is 1. The molecule has 7 heteroatoms. The van der Waals surface area contributed by atoms with E-state index in [1.54, 1.807) is 13.4 Å². The molecule has 2 aromatic carbocycles. The van der Waals surface area contributed by atoms with Crippen LogP contribution in [0.5, 0.6) is 17.2 Å². The third-order valence-corrected chi connectivity index (χ3v) is 4.91. The van der Waals surface area contributed by atoms with Gasteiger partial charge in [-0.15, -0.1) is 0 Å². The molecule has 0 spiro atoms. The molecular formula is C20H17N3O4. The van der Waals surface area contributed by atoms with Gasteiger partial charge in [0.15, 0.2) is 17.3 Å². The van der Waals surface area contributed by atoms with Crippen molar-refractivity contribution in [2.75, 3.05) is 19.2 Å². The summed E-state index contributed by atoms with van der Waals surface area (Å²) >= 11 is 0. The molecular weight excluding hydrogens is 346 g/mol. The number of amides is 1. The second-order valence-electron chi connectivity index (χ2n) is 6.47. The SMILES string of the molecule is COc1cccc(-n2cnc3c2C(c2ccc4c(c2)OCO4)CC(=O)N3)c1. The lowest BCUT2D eigenvalue weighted by atomic mass is 9.89. The van der Waals surface area contributed by atoms with Crippen LogP contribution in [0, 0.1) is 0 Å². The first-order valence-electron chi connectivity index (χ1n) is 8.64. The van der Waals surface area contributed by atoms with E-state index in [4.69, 9.17) is 14.2 Å². The maximum atomic E-state index is 12.3. The predicted molar refractivity (Wildman–Crippen MR) is 97.8 cm³/mol. The number of rotatable bonds is 3. The van der Waals surface area contributed by atoms with Crippen LogP contribution in [0.4, 0.5) is 5.82 Å². The van der Waals surface area contributed by atoms with E-state index in [9.17, 15) is 4.79 Å². The summed E-state index contributed by atoms with van der Waals surface area (Å²) in [6.07, 6.45) is 2.06. The minimum atomic E-state index is -0.142. The molecule has 0 fully saturated rings. The Morgan fingerprint density at radius 3 is 2.96 bits per heavy atom. The van der Waals surface area contributed by atoms with Crippen molar-refractivity contribution in [2.45, 2.75) is 12.3 Å². The van der Waals surface area contributed by atoms with Gasteiger partial charge in [0.05, 0.1) is 18.5 Å². The molecule has 0 radical (unpaired) electrons. The van der Waals surface area contributed by atoms with E-state index in [-0.39, 0.29) is 18.6 Å². The molecule has 5 rings (SSSR count). The van der Waals surface area contributed by atoms with E-state index in [0.717, 1.165) is 28.4 Å². The first-order chi connectivity index (χ1) is 13.2. The van der Waals surface area contributed by atoms with Gasteiger partial charge in [-0.05, 0) is 29.8 Å². The van der Waals surface area contributed by atoms with E-state index < -0.39 is 0 Å². The molecule has 0 bridgehead atoms. The second kappa shape index (κ2) is 6.05. The number of nitrogens with zero attached hydrogens (tertiary/aromatic N) is 2. The molecule has 27 heavy (non-hydrogen) atoms. The van der Waals surface area contributed by atoms with E-state index in [2.05, 4.69) is 10.3 Å². The molecule has 1 atom stereocenters. The third-order valence-electron chi connectivity index (χ3n) is 4.91. The Hall–Kier alpha value is -3.48. The highest BCUT2D eigenvalue weighted by atomic mass is 16.7. The molecule has 136 valence electrons. The van der Waals surface area contributed by atoms with Crippen molar-refractivity contribution in [3.05, 3.63) is 60.0 Å². The van der Waals surface area contributed by atoms with Gasteiger partial charge in [0, 0.05) is 18.4 Å². The maximum absolute atomic E-state index is 12.3. The van der Waals surface area contributed by atoms with E-state index in [0.29, 0.717) is 18.0 Å². The van der Waals surface area contributed by atoms with E-state index in [1.165, 1.54) is 0 Å². The lowest BCUT2D eigenvalue weighted by molar-refractivity contribution is -0.116. The number of imidazole rings is 1. The zero-order chi connectivity index (χ0) is 18.4. The third kappa shape index (κ3) is 2.59. The second-order valence-corrected chi connectivity index (χ2v) is 6.47. The Labute approximate surface area is 155 Å². The highest BCUT2D eigenvalue weighted by Gasteiger charge is 2.32. The quantitative estimate of drug-likeness (QED) is 0.774. The van der Waals surface area contributed by atoms with Gasteiger partial charge in [0.1, 0.15) is 12.1 Å². The number of fused-ring (bicyclic) bond motifs is 2. The summed E-state index contributed by atoms with van der Waals surface area (Å²) in [6.45, 7) is 0.219. The molecule has 1 aromatic heterocycles. The lowest BCUT2D eigenvalue weighted by Crippen LogP contribution is -2.25. The monoisotopic (exact) mass is 363 g/mol. The summed E-state index contributed by atoms with van der Waals surface area (Å²) in [7, 11) is 1.64. The van der Waals surface area contributed by atoms with Gasteiger partial charge in [0.25, 0.3) is 0 Å². The molecule has 0 aliphatic carbocycles. The molecule has 3 heterocycles. The van der Waals surface area contributed by atoms with Crippen LogP contribution in [0.1, 0.15) is 23.6 Å². The number of hydrogen-bond donors (Lipinski definition) is 1. The van der Waals surface area contributed by atoms with E-state index >= 15 is 0 Å². The molecule has 0 saturated carbocycles. The van der Waals surface area contributed by atoms with Crippen molar-refractivity contribution < 1.29 is 19.0 Å². The smallest absolute Gasteiger partial charge is 0.231 e. The lowest BCUT2D eigenvalue weighted by Gasteiger charge is -2.25. The molecule has 1 amide bonds. The first-order valence-corrected chi connectivity index (χ1v) is 8.64. The summed E-state index contributed by atoms with van der Waals surface area (Å²) in [6, 6.07) is 13.5. The summed E-state index contributed by atoms with van der Waals surface area (Å²) in [5.74, 6) is 2.57. The molecule has 1 unspecified atom stereocenters. The number of ether oxygens (including phenoxy) is 3. The Bertz CT molecular complexity index is 1040. The van der Waals surface area contributed by atoms with Gasteiger partial charge in [0.2, 0.25) is 12.7 Å². The largest absolute Gasteiger partial charge is 0.497 e. The van der Waals surface area contributed by atoms with Gasteiger partial charge < -0.3 is 24.1 Å². The Morgan fingerprint density at radius 1 is 1.19 bits per heavy atom. The minimum Gasteiger partial charge on any atom is -0.497 e. The molecule has 2 aliphatic heterocycles. The fourth-order valence-electron chi connectivity index (χ4n) is 3.62. The number of carbonyl (C=O) groups is 1. The summed E-state index contributed by atoms with van der Waals surface area (Å²) in [5, 5.41) is 2.87. The average molecular weight is 363 g/mol. The van der Waals surface area contributed by atoms with Crippen LogP contribution in [0.3, 0.4) is 0 Å². The number of methoxy groups -OCH3 is 1. The molecule has 2 aliphatic rings. The molecule has 1 N–H and O–H groups in total. The van der Waals surface area contributed by atoms with Crippen molar-refractivity contribution in [2.24, 2.45) is 0 Å². The highest BCUT2D eigenvalue weighted by molar-refractivity contribution is 5.94. The molecule has 7 nitrogen and oxygen atoms in total. The van der Waals surface area contributed by atoms with Gasteiger partial charge in [-0.25, -0.2) is 4.98 Å². The first kappa shape index (κ1) is 15.7. The average Bonchev–Trinajstić information content (AvgIpc) is 3.33.